The van der Waals surface area contributed by atoms with Crippen LogP contribution in [0.15, 0.2) is 6.07 Å². The molecule has 0 aliphatic carbocycles. The van der Waals surface area contributed by atoms with Crippen molar-refractivity contribution in [2.24, 2.45) is 12.8 Å². The largest absolute Gasteiger partial charge is 0.330 e. The van der Waals surface area contributed by atoms with E-state index in [4.69, 9.17) is 5.73 Å². The second kappa shape index (κ2) is 7.22. The molecule has 0 atom stereocenters. The molecule has 0 spiro atoms. The van der Waals surface area contributed by atoms with Crippen LogP contribution in [-0.2, 0) is 18.3 Å². The lowest BCUT2D eigenvalue weighted by Gasteiger charge is -2.02. The Labute approximate surface area is 103 Å². The van der Waals surface area contributed by atoms with Crippen molar-refractivity contribution in [2.45, 2.75) is 45.4 Å². The van der Waals surface area contributed by atoms with Crippen LogP contribution >= 0.6 is 0 Å². The highest BCUT2D eigenvalue weighted by Gasteiger charge is 2.08. The first kappa shape index (κ1) is 13.9. The van der Waals surface area contributed by atoms with Crippen LogP contribution in [0, 0.1) is 6.92 Å². The average Bonchev–Trinajstić information content (AvgIpc) is 2.57. The van der Waals surface area contributed by atoms with Gasteiger partial charge in [-0.1, -0.05) is 12.8 Å². The molecule has 4 heteroatoms. The molecule has 0 saturated carbocycles. The minimum absolute atomic E-state index is 0.306. The Bertz CT molecular complexity index is 358. The van der Waals surface area contributed by atoms with Gasteiger partial charge in [0.15, 0.2) is 0 Å². The number of hydrogen-bond donors (Lipinski definition) is 1. The van der Waals surface area contributed by atoms with Gasteiger partial charge in [0.2, 0.25) is 0 Å². The maximum absolute atomic E-state index is 11.7. The van der Waals surface area contributed by atoms with Crippen molar-refractivity contribution >= 4 is 5.78 Å². The minimum atomic E-state index is 0.306. The van der Waals surface area contributed by atoms with Crippen molar-refractivity contribution < 1.29 is 4.79 Å². The third-order valence-corrected chi connectivity index (χ3v) is 2.89. The molecule has 1 aromatic heterocycles. The van der Waals surface area contributed by atoms with Crippen molar-refractivity contribution in [1.29, 1.82) is 0 Å². The first-order chi connectivity index (χ1) is 8.13. The van der Waals surface area contributed by atoms with Crippen LogP contribution in [0.1, 0.15) is 43.5 Å². The summed E-state index contributed by atoms with van der Waals surface area (Å²) < 4.78 is 1.79. The molecule has 4 nitrogen and oxygen atoms in total. The van der Waals surface area contributed by atoms with Gasteiger partial charge in [-0.25, -0.2) is 0 Å². The summed E-state index contributed by atoms with van der Waals surface area (Å²) in [5.74, 6) is 0.306. The molecule has 1 rings (SSSR count). The minimum Gasteiger partial charge on any atom is -0.330 e. The second-order valence-electron chi connectivity index (χ2n) is 4.57. The van der Waals surface area contributed by atoms with Crippen molar-refractivity contribution in [3.05, 3.63) is 17.5 Å². The number of rotatable bonds is 8. The number of aryl methyl sites for hydroxylation is 2. The van der Waals surface area contributed by atoms with E-state index in [-0.39, 0.29) is 0 Å². The van der Waals surface area contributed by atoms with Crippen LogP contribution in [0.5, 0.6) is 0 Å². The van der Waals surface area contributed by atoms with Gasteiger partial charge < -0.3 is 5.73 Å². The van der Waals surface area contributed by atoms with E-state index >= 15 is 0 Å². The Morgan fingerprint density at radius 2 is 2.06 bits per heavy atom. The number of hydrogen-bond acceptors (Lipinski definition) is 3. The SMILES string of the molecule is Cc1cc(CC(=O)CCCCCCN)n(C)n1. The van der Waals surface area contributed by atoms with E-state index in [1.54, 1.807) is 4.68 Å². The Kier molecular flexibility index (Phi) is 5.91. The summed E-state index contributed by atoms with van der Waals surface area (Å²) >= 11 is 0. The number of carbonyl (C=O) groups is 1. The second-order valence-corrected chi connectivity index (χ2v) is 4.57. The maximum Gasteiger partial charge on any atom is 0.138 e. The third-order valence-electron chi connectivity index (χ3n) is 2.89. The van der Waals surface area contributed by atoms with E-state index in [1.165, 1.54) is 0 Å². The van der Waals surface area contributed by atoms with Crippen molar-refractivity contribution in [3.8, 4) is 0 Å². The Morgan fingerprint density at radius 1 is 1.35 bits per heavy atom. The number of nitrogens with two attached hydrogens (primary N) is 1. The molecule has 0 fully saturated rings. The first-order valence-corrected chi connectivity index (χ1v) is 6.34. The van der Waals surface area contributed by atoms with Crippen LogP contribution in [-0.4, -0.2) is 22.1 Å². The molecule has 0 aliphatic rings. The summed E-state index contributed by atoms with van der Waals surface area (Å²) in [4.78, 5) is 11.7. The molecule has 0 saturated heterocycles. The number of Topliss-reactive ketones (excluding diaryl/α,β-unsaturated/α-hetero) is 1. The van der Waals surface area contributed by atoms with Crippen LogP contribution in [0.25, 0.3) is 0 Å². The fraction of sp³-hybridized carbons (Fsp3) is 0.692. The fourth-order valence-electron chi connectivity index (χ4n) is 1.94. The molecule has 1 heterocycles. The molecular weight excluding hydrogens is 214 g/mol. The summed E-state index contributed by atoms with van der Waals surface area (Å²) in [6.07, 6.45) is 5.47. The van der Waals surface area contributed by atoms with Gasteiger partial charge in [0.05, 0.1) is 5.69 Å². The van der Waals surface area contributed by atoms with Gasteiger partial charge >= 0.3 is 0 Å². The number of ketones is 1. The third kappa shape index (κ3) is 5.13. The predicted octanol–water partition coefficient (Wildman–Crippen LogP) is 1.75. The molecule has 0 aromatic carbocycles. The van der Waals surface area contributed by atoms with Gasteiger partial charge in [-0.2, -0.15) is 5.10 Å². The topological polar surface area (TPSA) is 60.9 Å². The lowest BCUT2D eigenvalue weighted by Crippen LogP contribution is -2.07. The Hall–Kier alpha value is -1.16. The van der Waals surface area contributed by atoms with E-state index < -0.39 is 0 Å². The van der Waals surface area contributed by atoms with Crippen LogP contribution in [0.4, 0.5) is 0 Å². The summed E-state index contributed by atoms with van der Waals surface area (Å²) in [6.45, 7) is 2.70. The summed E-state index contributed by atoms with van der Waals surface area (Å²) in [5.41, 5.74) is 7.39. The maximum atomic E-state index is 11.7. The molecule has 0 unspecified atom stereocenters. The highest BCUT2D eigenvalue weighted by atomic mass is 16.1. The zero-order valence-corrected chi connectivity index (χ0v) is 10.9. The fourth-order valence-corrected chi connectivity index (χ4v) is 1.94. The normalized spacial score (nSPS) is 10.8. The molecule has 17 heavy (non-hydrogen) atoms. The zero-order valence-electron chi connectivity index (χ0n) is 10.9. The number of nitrogens with zero attached hydrogens (tertiary/aromatic N) is 2. The number of aromatic nitrogens is 2. The molecule has 2 N–H and O–H groups in total. The van der Waals surface area contributed by atoms with Crippen LogP contribution < -0.4 is 5.73 Å². The van der Waals surface area contributed by atoms with E-state index in [0.717, 1.165) is 43.6 Å². The summed E-state index contributed by atoms with van der Waals surface area (Å²) in [6, 6.07) is 1.98. The van der Waals surface area contributed by atoms with Crippen molar-refractivity contribution in [2.75, 3.05) is 6.54 Å². The smallest absolute Gasteiger partial charge is 0.138 e. The molecule has 0 aliphatic heterocycles. The average molecular weight is 237 g/mol. The standard InChI is InChI=1S/C13H23N3O/c1-11-9-12(16(2)15-11)10-13(17)7-5-3-4-6-8-14/h9H,3-8,10,14H2,1-2H3. The van der Waals surface area contributed by atoms with E-state index in [2.05, 4.69) is 5.10 Å². The van der Waals surface area contributed by atoms with Gasteiger partial charge in [-0.3, -0.25) is 9.48 Å². The molecule has 96 valence electrons. The molecule has 0 amide bonds. The molecule has 0 bridgehead atoms. The lowest BCUT2D eigenvalue weighted by atomic mass is 10.1. The number of unbranched alkanes of at least 4 members (excludes halogenated alkanes) is 3. The van der Waals surface area contributed by atoms with Gasteiger partial charge in [0.25, 0.3) is 0 Å². The van der Waals surface area contributed by atoms with E-state index in [0.29, 0.717) is 18.6 Å². The Balaban J connectivity index is 2.23. The monoisotopic (exact) mass is 237 g/mol. The highest BCUT2D eigenvalue weighted by Crippen LogP contribution is 2.08. The van der Waals surface area contributed by atoms with E-state index in [9.17, 15) is 4.79 Å². The summed E-state index contributed by atoms with van der Waals surface area (Å²) in [7, 11) is 1.89. The van der Waals surface area contributed by atoms with Gasteiger partial charge in [-0.05, 0) is 32.4 Å². The van der Waals surface area contributed by atoms with Crippen molar-refractivity contribution in [3.63, 3.8) is 0 Å². The van der Waals surface area contributed by atoms with Crippen molar-refractivity contribution in [1.82, 2.24) is 9.78 Å². The first-order valence-electron chi connectivity index (χ1n) is 6.34. The van der Waals surface area contributed by atoms with Gasteiger partial charge in [0.1, 0.15) is 5.78 Å². The number of carbonyl (C=O) groups excluding carboxylic acids is 1. The summed E-state index contributed by atoms with van der Waals surface area (Å²) in [5, 5.41) is 4.24. The van der Waals surface area contributed by atoms with Gasteiger partial charge in [-0.15, -0.1) is 0 Å². The quantitative estimate of drug-likeness (QED) is 0.701. The zero-order chi connectivity index (χ0) is 12.7. The Morgan fingerprint density at radius 3 is 2.65 bits per heavy atom. The van der Waals surface area contributed by atoms with Crippen LogP contribution in [0.2, 0.25) is 0 Å². The molecular formula is C13H23N3O. The molecule has 1 aromatic rings. The van der Waals surface area contributed by atoms with Crippen LogP contribution in [0.3, 0.4) is 0 Å². The highest BCUT2D eigenvalue weighted by molar-refractivity contribution is 5.80. The lowest BCUT2D eigenvalue weighted by molar-refractivity contribution is -0.118. The predicted molar refractivity (Wildman–Crippen MR) is 68.8 cm³/mol. The van der Waals surface area contributed by atoms with E-state index in [1.807, 2.05) is 20.0 Å². The van der Waals surface area contributed by atoms with Gasteiger partial charge in [0, 0.05) is 25.6 Å². The molecule has 0 radical (unpaired) electrons.